The van der Waals surface area contributed by atoms with Gasteiger partial charge in [-0.1, -0.05) is 60.7 Å². The first-order valence-corrected chi connectivity index (χ1v) is 10.9. The van der Waals surface area contributed by atoms with Gasteiger partial charge in [-0.05, 0) is 34.5 Å². The van der Waals surface area contributed by atoms with Crippen LogP contribution in [0.25, 0.3) is 0 Å². The van der Waals surface area contributed by atoms with Crippen molar-refractivity contribution in [2.45, 2.75) is 0 Å². The summed E-state index contributed by atoms with van der Waals surface area (Å²) in [6.07, 6.45) is 0. The van der Waals surface area contributed by atoms with Gasteiger partial charge >= 0.3 is 0 Å². The summed E-state index contributed by atoms with van der Waals surface area (Å²) in [5.74, 6) is 0.881. The molecule has 0 aliphatic rings. The van der Waals surface area contributed by atoms with Gasteiger partial charge in [0, 0.05) is 16.5 Å². The fourth-order valence-electron chi connectivity index (χ4n) is 2.13. The normalized spacial score (nSPS) is 9.40. The summed E-state index contributed by atoms with van der Waals surface area (Å²) in [6, 6.07) is 21.1. The molecule has 0 radical (unpaired) electrons. The van der Waals surface area contributed by atoms with E-state index in [0.29, 0.717) is 16.0 Å². The molecular formula is C23H19ClO4S2. The number of carbonyl (C=O) groups excluding carboxylic acids is 2. The van der Waals surface area contributed by atoms with Crippen LogP contribution < -0.4 is 4.74 Å². The van der Waals surface area contributed by atoms with E-state index in [1.807, 2.05) is 29.0 Å². The van der Waals surface area contributed by atoms with Crippen LogP contribution in [0.2, 0.25) is 0 Å². The van der Waals surface area contributed by atoms with Crippen LogP contribution in [0.1, 0.15) is 25.6 Å². The topological polar surface area (TPSA) is 63.6 Å². The predicted molar refractivity (Wildman–Crippen MR) is 123 cm³/mol. The third-order valence-corrected chi connectivity index (χ3v) is 5.40. The van der Waals surface area contributed by atoms with Crippen LogP contribution in [0.4, 0.5) is 0 Å². The SMILES string of the molecule is COc1ccsc1.O=C(Cl)c1ccccc1.O=C(c1ccccc1)c1sccc1O. The van der Waals surface area contributed by atoms with Crippen LogP contribution in [-0.2, 0) is 0 Å². The third-order valence-electron chi connectivity index (χ3n) is 3.62. The Labute approximate surface area is 188 Å². The summed E-state index contributed by atoms with van der Waals surface area (Å²) in [6.45, 7) is 0. The second kappa shape index (κ2) is 12.6. The lowest BCUT2D eigenvalue weighted by atomic mass is 10.1. The Morgan fingerprint density at radius 3 is 1.83 bits per heavy atom. The smallest absolute Gasteiger partial charge is 0.252 e. The third kappa shape index (κ3) is 7.48. The highest BCUT2D eigenvalue weighted by Gasteiger charge is 2.13. The zero-order chi connectivity index (χ0) is 21.8. The summed E-state index contributed by atoms with van der Waals surface area (Å²) < 4.78 is 4.86. The molecular weight excluding hydrogens is 440 g/mol. The Hall–Kier alpha value is -2.93. The van der Waals surface area contributed by atoms with Crippen molar-refractivity contribution in [1.82, 2.24) is 0 Å². The second-order valence-electron chi connectivity index (χ2n) is 5.63. The molecule has 0 bridgehead atoms. The largest absolute Gasteiger partial charge is 0.506 e. The lowest BCUT2D eigenvalue weighted by Crippen LogP contribution is -1.97. The summed E-state index contributed by atoms with van der Waals surface area (Å²) in [5.41, 5.74) is 1.14. The van der Waals surface area contributed by atoms with Gasteiger partial charge < -0.3 is 9.84 Å². The molecule has 0 unspecified atom stereocenters. The Morgan fingerprint density at radius 2 is 1.47 bits per heavy atom. The van der Waals surface area contributed by atoms with E-state index in [0.717, 1.165) is 5.75 Å². The lowest BCUT2D eigenvalue weighted by molar-refractivity contribution is 0.103. The highest BCUT2D eigenvalue weighted by atomic mass is 35.5. The van der Waals surface area contributed by atoms with E-state index in [-0.39, 0.29) is 11.5 Å². The van der Waals surface area contributed by atoms with E-state index in [1.54, 1.807) is 72.4 Å². The molecule has 1 N–H and O–H groups in total. The number of halogens is 1. The minimum absolute atomic E-state index is 0.0591. The number of ether oxygens (including phenoxy) is 1. The molecule has 30 heavy (non-hydrogen) atoms. The number of methoxy groups -OCH3 is 1. The summed E-state index contributed by atoms with van der Waals surface area (Å²) in [7, 11) is 1.67. The number of benzene rings is 2. The number of hydrogen-bond donors (Lipinski definition) is 1. The van der Waals surface area contributed by atoms with Crippen LogP contribution >= 0.6 is 34.3 Å². The first-order valence-electron chi connectivity index (χ1n) is 8.70. The molecule has 0 aliphatic carbocycles. The Balaban J connectivity index is 0.000000173. The molecule has 0 saturated carbocycles. The standard InChI is InChI=1S/C11H8O2S.C7H5ClO.C5H6OS/c12-9-6-7-14-11(9)10(13)8-4-2-1-3-5-8;8-7(9)6-4-2-1-3-5-6;1-6-5-2-3-7-4-5/h1-7,12H;1-5H;2-4H,1H3. The van der Waals surface area contributed by atoms with Crippen molar-refractivity contribution < 1.29 is 19.4 Å². The van der Waals surface area contributed by atoms with Gasteiger partial charge in [0.15, 0.2) is 0 Å². The predicted octanol–water partition coefficient (Wildman–Crippen LogP) is 6.51. The van der Waals surface area contributed by atoms with Crippen molar-refractivity contribution >= 4 is 45.3 Å². The fraction of sp³-hybridized carbons (Fsp3) is 0.0435. The van der Waals surface area contributed by atoms with Gasteiger partial charge in [0.1, 0.15) is 16.4 Å². The zero-order valence-corrected chi connectivity index (χ0v) is 18.4. The molecule has 0 fully saturated rings. The van der Waals surface area contributed by atoms with Crippen LogP contribution in [0.3, 0.4) is 0 Å². The molecule has 0 saturated heterocycles. The Morgan fingerprint density at radius 1 is 0.867 bits per heavy atom. The number of ketones is 1. The molecule has 0 atom stereocenters. The van der Waals surface area contributed by atoms with E-state index in [9.17, 15) is 14.7 Å². The van der Waals surface area contributed by atoms with E-state index < -0.39 is 5.24 Å². The summed E-state index contributed by atoms with van der Waals surface area (Å²) >= 11 is 8.06. The molecule has 0 aliphatic heterocycles. The van der Waals surface area contributed by atoms with Gasteiger partial charge in [-0.3, -0.25) is 9.59 Å². The molecule has 7 heteroatoms. The van der Waals surface area contributed by atoms with Crippen molar-refractivity contribution in [1.29, 1.82) is 0 Å². The summed E-state index contributed by atoms with van der Waals surface area (Å²) in [5, 5.41) is 14.6. The molecule has 2 heterocycles. The molecule has 2 aromatic carbocycles. The number of carbonyl (C=O) groups is 2. The number of rotatable bonds is 4. The van der Waals surface area contributed by atoms with Crippen molar-refractivity contribution in [3.8, 4) is 11.5 Å². The van der Waals surface area contributed by atoms with E-state index in [2.05, 4.69) is 0 Å². The summed E-state index contributed by atoms with van der Waals surface area (Å²) in [4.78, 5) is 22.6. The molecule has 0 amide bonds. The average Bonchev–Trinajstić information content (AvgIpc) is 3.47. The van der Waals surface area contributed by atoms with Gasteiger partial charge in [-0.2, -0.15) is 0 Å². The molecule has 4 rings (SSSR count). The van der Waals surface area contributed by atoms with Crippen molar-refractivity contribution in [2.75, 3.05) is 7.11 Å². The van der Waals surface area contributed by atoms with Crippen LogP contribution in [0, 0.1) is 0 Å². The van der Waals surface area contributed by atoms with Crippen LogP contribution in [-0.4, -0.2) is 23.2 Å². The van der Waals surface area contributed by atoms with Crippen molar-refractivity contribution in [2.24, 2.45) is 0 Å². The van der Waals surface area contributed by atoms with Crippen LogP contribution in [0.15, 0.2) is 88.9 Å². The monoisotopic (exact) mass is 458 g/mol. The van der Waals surface area contributed by atoms with E-state index in [4.69, 9.17) is 16.3 Å². The van der Waals surface area contributed by atoms with Gasteiger partial charge in [-0.15, -0.1) is 22.7 Å². The maximum Gasteiger partial charge on any atom is 0.252 e. The zero-order valence-electron chi connectivity index (χ0n) is 16.0. The first kappa shape index (κ1) is 23.3. The highest BCUT2D eigenvalue weighted by Crippen LogP contribution is 2.25. The Kier molecular flexibility index (Phi) is 9.80. The first-order chi connectivity index (χ1) is 14.5. The van der Waals surface area contributed by atoms with E-state index >= 15 is 0 Å². The lowest BCUT2D eigenvalue weighted by Gasteiger charge is -1.97. The second-order valence-corrected chi connectivity index (χ2v) is 7.67. The average molecular weight is 459 g/mol. The van der Waals surface area contributed by atoms with Gasteiger partial charge in [0.2, 0.25) is 5.78 Å². The molecule has 0 spiro atoms. The fourth-order valence-corrected chi connectivity index (χ4v) is 3.60. The quantitative estimate of drug-likeness (QED) is 0.280. The maximum atomic E-state index is 11.8. The number of thiophene rings is 2. The van der Waals surface area contributed by atoms with Crippen molar-refractivity contribution in [3.05, 3.63) is 105 Å². The van der Waals surface area contributed by atoms with Gasteiger partial charge in [-0.25, -0.2) is 0 Å². The highest BCUT2D eigenvalue weighted by molar-refractivity contribution is 7.12. The molecule has 4 nitrogen and oxygen atoms in total. The van der Waals surface area contributed by atoms with Crippen LogP contribution in [0.5, 0.6) is 11.5 Å². The Bertz CT molecular complexity index is 1030. The minimum atomic E-state index is -0.407. The number of hydrogen-bond acceptors (Lipinski definition) is 6. The molecule has 154 valence electrons. The number of aromatic hydroxyl groups is 1. The molecule has 4 aromatic rings. The van der Waals surface area contributed by atoms with Gasteiger partial charge in [0.05, 0.1) is 7.11 Å². The maximum absolute atomic E-state index is 11.8. The van der Waals surface area contributed by atoms with E-state index in [1.165, 1.54) is 17.4 Å². The van der Waals surface area contributed by atoms with Gasteiger partial charge in [0.25, 0.3) is 5.24 Å². The molecule has 2 aromatic heterocycles. The van der Waals surface area contributed by atoms with Crippen molar-refractivity contribution in [3.63, 3.8) is 0 Å². The minimum Gasteiger partial charge on any atom is -0.506 e.